The number of piperidine rings is 1. The van der Waals surface area contributed by atoms with Gasteiger partial charge in [0.1, 0.15) is 17.5 Å². The second-order valence-corrected chi connectivity index (χ2v) is 9.70. The van der Waals surface area contributed by atoms with Crippen molar-refractivity contribution in [3.63, 3.8) is 0 Å². The highest BCUT2D eigenvalue weighted by Crippen LogP contribution is 2.27. The summed E-state index contributed by atoms with van der Waals surface area (Å²) >= 11 is 0. The van der Waals surface area contributed by atoms with E-state index >= 15 is 0 Å². The van der Waals surface area contributed by atoms with Gasteiger partial charge in [-0.3, -0.25) is 9.69 Å². The summed E-state index contributed by atoms with van der Waals surface area (Å²) < 4.78 is 19.5. The van der Waals surface area contributed by atoms with Crippen LogP contribution < -0.4 is 16.8 Å². The topological polar surface area (TPSA) is 126 Å². The first-order valence-electron chi connectivity index (χ1n) is 12.7. The van der Waals surface area contributed by atoms with Gasteiger partial charge in [0.05, 0.1) is 49.3 Å². The lowest BCUT2D eigenvalue weighted by Crippen LogP contribution is -2.49. The quantitative estimate of drug-likeness (QED) is 0.453. The summed E-state index contributed by atoms with van der Waals surface area (Å²) in [6.45, 7) is 3.20. The summed E-state index contributed by atoms with van der Waals surface area (Å²) in [6.07, 6.45) is 13.1. The predicted molar refractivity (Wildman–Crippen MR) is 139 cm³/mol. The van der Waals surface area contributed by atoms with Gasteiger partial charge in [-0.15, -0.1) is 0 Å². The number of hydrogen-bond donors (Lipinski definition) is 4. The minimum atomic E-state index is -0.384. The monoisotopic (exact) mass is 507 g/mol. The van der Waals surface area contributed by atoms with Crippen LogP contribution in [0.1, 0.15) is 42.0 Å². The molecule has 4 atom stereocenters. The molecule has 0 aliphatic carbocycles. The molecule has 10 heteroatoms. The van der Waals surface area contributed by atoms with Crippen molar-refractivity contribution in [2.45, 2.75) is 31.1 Å². The minimum Gasteiger partial charge on any atom is -0.378 e. The molecule has 2 saturated heterocycles. The molecule has 2 aromatic rings. The van der Waals surface area contributed by atoms with Crippen molar-refractivity contribution in [3.05, 3.63) is 83.5 Å². The van der Waals surface area contributed by atoms with Crippen LogP contribution in [0.3, 0.4) is 0 Å². The van der Waals surface area contributed by atoms with Crippen molar-refractivity contribution < 1.29 is 13.9 Å². The fourth-order valence-corrected chi connectivity index (χ4v) is 5.19. The normalized spacial score (nSPS) is 25.6. The van der Waals surface area contributed by atoms with Crippen molar-refractivity contribution in [1.29, 1.82) is 0 Å². The number of amides is 1. The van der Waals surface area contributed by atoms with Gasteiger partial charge < -0.3 is 31.4 Å². The fourth-order valence-electron chi connectivity index (χ4n) is 5.19. The summed E-state index contributed by atoms with van der Waals surface area (Å²) in [7, 11) is 0. The Morgan fingerprint density at radius 2 is 2.22 bits per heavy atom. The Morgan fingerprint density at radius 1 is 1.32 bits per heavy atom. The molecular formula is C27H34FN7O2. The number of carbonyl (C=O) groups excluding carboxylic acids is 1. The molecule has 3 aliphatic rings. The third-order valence-electron chi connectivity index (χ3n) is 7.21. The Hall–Kier alpha value is -3.47. The number of hydrogen-bond acceptors (Lipinski definition) is 7. The molecule has 5 rings (SSSR count). The van der Waals surface area contributed by atoms with Gasteiger partial charge in [0.25, 0.3) is 0 Å². The van der Waals surface area contributed by atoms with Gasteiger partial charge in [0.15, 0.2) is 0 Å². The predicted octanol–water partition coefficient (Wildman–Crippen LogP) is 2.16. The van der Waals surface area contributed by atoms with E-state index in [1.54, 1.807) is 6.07 Å². The SMILES string of the molecule is NC(=O)C1CCCN(C2=CC=CC(c3cnc(/C=C\C(N)N4CCOCC4c4cccc(F)c4)[nH]3)N2)C1. The van der Waals surface area contributed by atoms with E-state index in [1.165, 1.54) is 12.1 Å². The van der Waals surface area contributed by atoms with Crippen LogP contribution in [-0.2, 0) is 9.53 Å². The smallest absolute Gasteiger partial charge is 0.222 e. The van der Waals surface area contributed by atoms with Crippen LogP contribution in [0.4, 0.5) is 4.39 Å². The van der Waals surface area contributed by atoms with Crippen LogP contribution in [-0.4, -0.2) is 64.7 Å². The van der Waals surface area contributed by atoms with Crippen molar-refractivity contribution >= 4 is 12.0 Å². The molecular weight excluding hydrogens is 473 g/mol. The second kappa shape index (κ2) is 11.3. The standard InChI is InChI=1S/C27H34FN7O2/c28-20-6-1-4-18(14-20)23-17-37-13-12-35(23)24(29)9-10-25-31-15-22(32-25)21-7-2-8-26(33-21)34-11-3-5-19(16-34)27(30)36/h1-2,4,6-10,14-15,19,21,23-24,33H,3,5,11-13,16-17,29H2,(H2,30,36)(H,31,32)/b10-9-. The van der Waals surface area contributed by atoms with Crippen LogP contribution in [0.25, 0.3) is 6.08 Å². The van der Waals surface area contributed by atoms with Crippen molar-refractivity contribution in [2.24, 2.45) is 17.4 Å². The summed E-state index contributed by atoms with van der Waals surface area (Å²) in [6, 6.07) is 6.38. The maximum Gasteiger partial charge on any atom is 0.222 e. The molecule has 196 valence electrons. The van der Waals surface area contributed by atoms with Crippen LogP contribution >= 0.6 is 0 Å². The molecule has 0 saturated carbocycles. The number of nitrogens with two attached hydrogens (primary N) is 2. The first-order chi connectivity index (χ1) is 18.0. The number of H-pyrrole nitrogens is 1. The first-order valence-corrected chi connectivity index (χ1v) is 12.7. The van der Waals surface area contributed by atoms with Crippen molar-refractivity contribution in [2.75, 3.05) is 32.8 Å². The van der Waals surface area contributed by atoms with Gasteiger partial charge in [-0.1, -0.05) is 24.3 Å². The molecule has 9 nitrogen and oxygen atoms in total. The average molecular weight is 508 g/mol. The number of nitrogens with one attached hydrogen (secondary N) is 2. The molecule has 2 fully saturated rings. The maximum atomic E-state index is 13.8. The van der Waals surface area contributed by atoms with Gasteiger partial charge in [-0.25, -0.2) is 9.37 Å². The molecule has 0 spiro atoms. The van der Waals surface area contributed by atoms with E-state index in [0.717, 1.165) is 36.5 Å². The number of rotatable bonds is 7. The van der Waals surface area contributed by atoms with Gasteiger partial charge in [-0.05, 0) is 48.8 Å². The Balaban J connectivity index is 1.22. The molecule has 1 aromatic carbocycles. The first kappa shape index (κ1) is 25.2. The number of halogens is 1. The van der Waals surface area contributed by atoms with E-state index in [1.807, 2.05) is 36.6 Å². The van der Waals surface area contributed by atoms with E-state index in [2.05, 4.69) is 31.2 Å². The average Bonchev–Trinajstić information content (AvgIpc) is 3.41. The molecule has 1 amide bonds. The minimum absolute atomic E-state index is 0.0751. The number of aromatic nitrogens is 2. The molecule has 3 aliphatic heterocycles. The lowest BCUT2D eigenvalue weighted by atomic mass is 9.97. The third-order valence-corrected chi connectivity index (χ3v) is 7.21. The lowest BCUT2D eigenvalue weighted by Gasteiger charge is -2.38. The fraction of sp³-hybridized carbons (Fsp3) is 0.407. The number of ether oxygens (including phenoxy) is 1. The number of allylic oxidation sites excluding steroid dienone is 2. The Labute approximate surface area is 216 Å². The molecule has 6 N–H and O–H groups in total. The zero-order chi connectivity index (χ0) is 25.8. The van der Waals surface area contributed by atoms with E-state index in [0.29, 0.717) is 32.1 Å². The maximum absolute atomic E-state index is 13.8. The number of benzene rings is 1. The van der Waals surface area contributed by atoms with E-state index < -0.39 is 0 Å². The van der Waals surface area contributed by atoms with Gasteiger partial charge in [0.2, 0.25) is 5.91 Å². The number of aromatic amines is 1. The van der Waals surface area contributed by atoms with Crippen LogP contribution in [0, 0.1) is 11.7 Å². The molecule has 0 radical (unpaired) electrons. The summed E-state index contributed by atoms with van der Waals surface area (Å²) in [5.41, 5.74) is 13.8. The largest absolute Gasteiger partial charge is 0.378 e. The highest BCUT2D eigenvalue weighted by Gasteiger charge is 2.29. The van der Waals surface area contributed by atoms with Crippen molar-refractivity contribution in [3.8, 4) is 0 Å². The number of dihydropyridines is 1. The summed E-state index contributed by atoms with van der Waals surface area (Å²) in [5.74, 6) is 1.03. The van der Waals surface area contributed by atoms with Gasteiger partial charge >= 0.3 is 0 Å². The van der Waals surface area contributed by atoms with E-state index in [9.17, 15) is 9.18 Å². The highest BCUT2D eigenvalue weighted by atomic mass is 19.1. The lowest BCUT2D eigenvalue weighted by molar-refractivity contribution is -0.123. The highest BCUT2D eigenvalue weighted by molar-refractivity contribution is 5.77. The second-order valence-electron chi connectivity index (χ2n) is 9.70. The van der Waals surface area contributed by atoms with Crippen LogP contribution in [0.5, 0.6) is 0 Å². The van der Waals surface area contributed by atoms with Gasteiger partial charge in [0, 0.05) is 19.6 Å². The number of carbonyl (C=O) groups is 1. The zero-order valence-electron chi connectivity index (χ0n) is 20.7. The molecule has 37 heavy (non-hydrogen) atoms. The number of likely N-dealkylation sites (tertiary alicyclic amines) is 1. The molecule has 1 aromatic heterocycles. The molecule has 4 unspecified atom stereocenters. The zero-order valence-corrected chi connectivity index (χ0v) is 20.7. The number of primary amides is 1. The van der Waals surface area contributed by atoms with Crippen LogP contribution in [0.15, 0.2) is 60.6 Å². The number of imidazole rings is 1. The third kappa shape index (κ3) is 5.93. The number of morpholine rings is 1. The summed E-state index contributed by atoms with van der Waals surface area (Å²) in [5, 5.41) is 3.53. The Morgan fingerprint density at radius 3 is 3.05 bits per heavy atom. The van der Waals surface area contributed by atoms with Crippen molar-refractivity contribution in [1.82, 2.24) is 25.1 Å². The van der Waals surface area contributed by atoms with Crippen LogP contribution in [0.2, 0.25) is 0 Å². The number of nitrogens with zero attached hydrogens (tertiary/aromatic N) is 3. The Bertz CT molecular complexity index is 1190. The molecule has 4 heterocycles. The van der Waals surface area contributed by atoms with E-state index in [-0.39, 0.29) is 35.9 Å². The van der Waals surface area contributed by atoms with Gasteiger partial charge in [-0.2, -0.15) is 0 Å². The van der Waals surface area contributed by atoms with E-state index in [4.69, 9.17) is 16.2 Å². The Kier molecular flexibility index (Phi) is 7.68. The molecule has 0 bridgehead atoms. The summed E-state index contributed by atoms with van der Waals surface area (Å²) in [4.78, 5) is 23.8.